The smallest absolute Gasteiger partial charge is 0.306 e. The molecule has 0 aromatic heterocycles. The van der Waals surface area contributed by atoms with E-state index in [1.165, 1.54) is 7.11 Å². The summed E-state index contributed by atoms with van der Waals surface area (Å²) >= 11 is 0. The fourth-order valence-electron chi connectivity index (χ4n) is 1.25. The van der Waals surface area contributed by atoms with Crippen LogP contribution in [0.5, 0.6) is 0 Å². The van der Waals surface area contributed by atoms with Crippen molar-refractivity contribution < 1.29 is 17.9 Å². The molecule has 0 aliphatic carbocycles. The minimum Gasteiger partial charge on any atom is -0.469 e. The molecule has 0 amide bonds. The molecule has 0 aliphatic heterocycles. The summed E-state index contributed by atoms with van der Waals surface area (Å²) in [5, 5.41) is 3.18. The molecule has 1 N–H and O–H groups in total. The lowest BCUT2D eigenvalue weighted by molar-refractivity contribution is -0.140. The number of sulfone groups is 1. The van der Waals surface area contributed by atoms with Crippen molar-refractivity contribution in [2.24, 2.45) is 5.92 Å². The van der Waals surface area contributed by atoms with Crippen molar-refractivity contribution in [1.82, 2.24) is 5.32 Å². The molecule has 5 nitrogen and oxygen atoms in total. The summed E-state index contributed by atoms with van der Waals surface area (Å²) in [5.41, 5.74) is 0. The van der Waals surface area contributed by atoms with Gasteiger partial charge in [-0.1, -0.05) is 13.8 Å². The second-order valence-electron chi connectivity index (χ2n) is 4.43. The van der Waals surface area contributed by atoms with Crippen LogP contribution in [0.4, 0.5) is 0 Å². The summed E-state index contributed by atoms with van der Waals surface area (Å²) in [6.45, 7) is 5.78. The summed E-state index contributed by atoms with van der Waals surface area (Å²) < 4.78 is 27.4. The zero-order chi connectivity index (χ0) is 13.3. The Morgan fingerprint density at radius 1 is 1.29 bits per heavy atom. The summed E-state index contributed by atoms with van der Waals surface area (Å²) in [6, 6.07) is 0. The van der Waals surface area contributed by atoms with Gasteiger partial charge >= 0.3 is 5.97 Å². The minimum absolute atomic E-state index is 0.0573. The van der Waals surface area contributed by atoms with E-state index in [-0.39, 0.29) is 17.9 Å². The lowest BCUT2D eigenvalue weighted by atomic mass is 10.2. The van der Waals surface area contributed by atoms with Crippen LogP contribution in [0.1, 0.15) is 26.7 Å². The average Bonchev–Trinajstić information content (AvgIpc) is 2.25. The predicted molar refractivity (Wildman–Crippen MR) is 67.6 cm³/mol. The molecule has 0 bridgehead atoms. The zero-order valence-electron chi connectivity index (χ0n) is 10.9. The van der Waals surface area contributed by atoms with Crippen molar-refractivity contribution in [2.45, 2.75) is 26.7 Å². The first-order valence-electron chi connectivity index (χ1n) is 5.85. The van der Waals surface area contributed by atoms with Crippen LogP contribution in [0, 0.1) is 5.92 Å². The predicted octanol–water partition coefficient (Wildman–Crippen LogP) is 0.600. The van der Waals surface area contributed by atoms with Gasteiger partial charge in [-0.3, -0.25) is 4.79 Å². The highest BCUT2D eigenvalue weighted by molar-refractivity contribution is 7.91. The third-order valence-electron chi connectivity index (χ3n) is 2.21. The van der Waals surface area contributed by atoms with Crippen LogP contribution in [-0.4, -0.2) is 46.1 Å². The van der Waals surface area contributed by atoms with Crippen molar-refractivity contribution in [3.05, 3.63) is 0 Å². The molecule has 0 aromatic rings. The van der Waals surface area contributed by atoms with Gasteiger partial charge in [-0.15, -0.1) is 0 Å². The van der Waals surface area contributed by atoms with Crippen LogP contribution in [-0.2, 0) is 19.4 Å². The molecule has 0 heterocycles. The largest absolute Gasteiger partial charge is 0.469 e. The van der Waals surface area contributed by atoms with Gasteiger partial charge in [0.15, 0.2) is 9.84 Å². The third kappa shape index (κ3) is 10.3. The normalized spacial score (nSPS) is 11.8. The maximum Gasteiger partial charge on any atom is 0.306 e. The lowest BCUT2D eigenvalue weighted by Gasteiger charge is -2.07. The number of carbonyl (C=O) groups excluding carboxylic acids is 1. The van der Waals surface area contributed by atoms with Crippen LogP contribution in [0.25, 0.3) is 0 Å². The van der Waals surface area contributed by atoms with Gasteiger partial charge in [0.2, 0.25) is 0 Å². The van der Waals surface area contributed by atoms with Crippen molar-refractivity contribution >= 4 is 15.8 Å². The van der Waals surface area contributed by atoms with Gasteiger partial charge in [-0.2, -0.15) is 0 Å². The highest BCUT2D eigenvalue weighted by Crippen LogP contribution is 1.98. The molecule has 0 radical (unpaired) electrons. The van der Waals surface area contributed by atoms with Gasteiger partial charge in [-0.25, -0.2) is 8.42 Å². The van der Waals surface area contributed by atoms with Gasteiger partial charge in [0, 0.05) is 0 Å². The Labute approximate surface area is 104 Å². The highest BCUT2D eigenvalue weighted by atomic mass is 32.2. The molecule has 0 saturated heterocycles. The molecule has 0 rings (SSSR count). The van der Waals surface area contributed by atoms with Crippen molar-refractivity contribution in [3.63, 3.8) is 0 Å². The van der Waals surface area contributed by atoms with Gasteiger partial charge in [0.1, 0.15) is 0 Å². The molecular formula is C11H23NO4S. The van der Waals surface area contributed by atoms with E-state index in [1.54, 1.807) is 0 Å². The number of hydrogen-bond acceptors (Lipinski definition) is 5. The SMILES string of the molecule is COC(=O)CCS(=O)(=O)CCCNCC(C)C. The average molecular weight is 265 g/mol. The van der Waals surface area contributed by atoms with Crippen LogP contribution in [0.15, 0.2) is 0 Å². The topological polar surface area (TPSA) is 72.5 Å². The second kappa shape index (κ2) is 8.47. The molecule has 17 heavy (non-hydrogen) atoms. The summed E-state index contributed by atoms with van der Waals surface area (Å²) in [6.07, 6.45) is 0.522. The number of methoxy groups -OCH3 is 1. The van der Waals surface area contributed by atoms with Crippen LogP contribution in [0.3, 0.4) is 0 Å². The van der Waals surface area contributed by atoms with Gasteiger partial charge < -0.3 is 10.1 Å². The molecule has 0 fully saturated rings. The molecule has 0 spiro atoms. The standard InChI is InChI=1S/C11H23NO4S/c1-10(2)9-12-6-4-7-17(14,15)8-5-11(13)16-3/h10,12H,4-9H2,1-3H3. The van der Waals surface area contributed by atoms with E-state index in [9.17, 15) is 13.2 Å². The van der Waals surface area contributed by atoms with E-state index in [4.69, 9.17) is 0 Å². The molecule has 0 saturated carbocycles. The minimum atomic E-state index is -3.13. The first-order valence-corrected chi connectivity index (χ1v) is 7.67. The van der Waals surface area contributed by atoms with Crippen LogP contribution in [0.2, 0.25) is 0 Å². The number of ether oxygens (including phenoxy) is 1. The lowest BCUT2D eigenvalue weighted by Crippen LogP contribution is -2.23. The van der Waals surface area contributed by atoms with Gasteiger partial charge in [-0.05, 0) is 25.4 Å². The Balaban J connectivity index is 3.68. The van der Waals surface area contributed by atoms with E-state index in [1.807, 2.05) is 0 Å². The Hall–Kier alpha value is -0.620. The summed E-state index contributed by atoms with van der Waals surface area (Å²) in [5.74, 6) is 0.0799. The summed E-state index contributed by atoms with van der Waals surface area (Å²) in [4.78, 5) is 10.8. The quantitative estimate of drug-likeness (QED) is 0.488. The first kappa shape index (κ1) is 16.4. The number of hydrogen-bond donors (Lipinski definition) is 1. The number of rotatable bonds is 9. The molecule has 6 heteroatoms. The van der Waals surface area contributed by atoms with E-state index in [0.29, 0.717) is 18.9 Å². The molecule has 0 aromatic carbocycles. The second-order valence-corrected chi connectivity index (χ2v) is 6.73. The van der Waals surface area contributed by atoms with E-state index < -0.39 is 15.8 Å². The monoisotopic (exact) mass is 265 g/mol. The van der Waals surface area contributed by atoms with Crippen molar-refractivity contribution in [2.75, 3.05) is 31.7 Å². The molecule has 102 valence electrons. The maximum absolute atomic E-state index is 11.5. The maximum atomic E-state index is 11.5. The van der Waals surface area contributed by atoms with E-state index in [2.05, 4.69) is 23.9 Å². The third-order valence-corrected chi connectivity index (χ3v) is 3.94. The fourth-order valence-corrected chi connectivity index (χ4v) is 2.52. The number of carbonyl (C=O) groups is 1. The van der Waals surface area contributed by atoms with Crippen molar-refractivity contribution in [3.8, 4) is 0 Å². The van der Waals surface area contributed by atoms with E-state index >= 15 is 0 Å². The number of nitrogens with one attached hydrogen (secondary N) is 1. The van der Waals surface area contributed by atoms with E-state index in [0.717, 1.165) is 6.54 Å². The molecular weight excluding hydrogens is 242 g/mol. The van der Waals surface area contributed by atoms with Gasteiger partial charge in [0.05, 0.1) is 25.0 Å². The van der Waals surface area contributed by atoms with Crippen molar-refractivity contribution in [1.29, 1.82) is 0 Å². The molecule has 0 unspecified atom stereocenters. The highest BCUT2D eigenvalue weighted by Gasteiger charge is 2.13. The van der Waals surface area contributed by atoms with Crippen LogP contribution < -0.4 is 5.32 Å². The zero-order valence-corrected chi connectivity index (χ0v) is 11.7. The molecule has 0 atom stereocenters. The Bertz CT molecular complexity index is 311. The van der Waals surface area contributed by atoms with Crippen LogP contribution >= 0.6 is 0 Å². The Kier molecular flexibility index (Phi) is 8.16. The fraction of sp³-hybridized carbons (Fsp3) is 0.909. The Morgan fingerprint density at radius 3 is 2.47 bits per heavy atom. The molecule has 0 aliphatic rings. The number of esters is 1. The Morgan fingerprint density at radius 2 is 1.94 bits per heavy atom. The summed E-state index contributed by atoms with van der Waals surface area (Å²) in [7, 11) is -1.87. The first-order chi connectivity index (χ1) is 7.87. The van der Waals surface area contributed by atoms with Gasteiger partial charge in [0.25, 0.3) is 0 Å².